The van der Waals surface area contributed by atoms with Gasteiger partial charge >= 0.3 is 0 Å². The van der Waals surface area contributed by atoms with Crippen molar-refractivity contribution in [2.24, 2.45) is 5.92 Å². The van der Waals surface area contributed by atoms with E-state index in [0.29, 0.717) is 19.5 Å². The van der Waals surface area contributed by atoms with Gasteiger partial charge in [-0.1, -0.05) is 37.5 Å². The number of aromatic nitrogens is 1. The Hall–Kier alpha value is -2.34. The van der Waals surface area contributed by atoms with Gasteiger partial charge < -0.3 is 20.5 Å². The molecule has 1 aromatic heterocycles. The van der Waals surface area contributed by atoms with Crippen LogP contribution in [-0.4, -0.2) is 47.4 Å². The average Bonchev–Trinajstić information content (AvgIpc) is 3.33. The van der Waals surface area contributed by atoms with Crippen molar-refractivity contribution in [3.63, 3.8) is 0 Å². The molecule has 1 saturated carbocycles. The fourth-order valence-electron chi connectivity index (χ4n) is 4.79. The maximum absolute atomic E-state index is 12.9. The van der Waals surface area contributed by atoms with Gasteiger partial charge in [0.1, 0.15) is 0 Å². The van der Waals surface area contributed by atoms with Gasteiger partial charge in [-0.05, 0) is 37.8 Å². The molecule has 29 heavy (non-hydrogen) atoms. The molecule has 2 amide bonds. The number of amides is 2. The Morgan fingerprint density at radius 2 is 1.93 bits per heavy atom. The third kappa shape index (κ3) is 4.32. The van der Waals surface area contributed by atoms with Crippen molar-refractivity contribution in [2.45, 2.75) is 64.1 Å². The lowest BCUT2D eigenvalue weighted by Gasteiger charge is -2.23. The fourth-order valence-corrected chi connectivity index (χ4v) is 4.79. The molecule has 2 atom stereocenters. The van der Waals surface area contributed by atoms with Gasteiger partial charge in [0.2, 0.25) is 11.8 Å². The zero-order valence-electron chi connectivity index (χ0n) is 17.5. The molecule has 6 nitrogen and oxygen atoms in total. The highest BCUT2D eigenvalue weighted by molar-refractivity contribution is 5.85. The Bertz CT molecular complexity index is 884. The number of aryl methyl sites for hydroxylation is 1. The molecule has 0 bridgehead atoms. The van der Waals surface area contributed by atoms with E-state index in [2.05, 4.69) is 34.7 Å². The maximum atomic E-state index is 12.9. The third-order valence-electron chi connectivity index (χ3n) is 6.59. The molecule has 1 aliphatic heterocycles. The Morgan fingerprint density at radius 1 is 1.17 bits per heavy atom. The van der Waals surface area contributed by atoms with Gasteiger partial charge in [0.25, 0.3) is 0 Å². The number of fused-ring (bicyclic) bond motifs is 1. The first kappa shape index (κ1) is 20.0. The summed E-state index contributed by atoms with van der Waals surface area (Å²) in [6.07, 6.45) is 6.21. The summed E-state index contributed by atoms with van der Waals surface area (Å²) in [5, 5.41) is 7.68. The van der Waals surface area contributed by atoms with Gasteiger partial charge in [-0.3, -0.25) is 9.59 Å². The molecular formula is C23H32N4O2. The molecule has 156 valence electrons. The van der Waals surface area contributed by atoms with Crippen molar-refractivity contribution >= 4 is 22.7 Å². The molecule has 0 radical (unpaired) electrons. The van der Waals surface area contributed by atoms with Crippen LogP contribution < -0.4 is 10.6 Å². The Balaban J connectivity index is 1.32. The zero-order chi connectivity index (χ0) is 20.4. The first-order valence-corrected chi connectivity index (χ1v) is 10.9. The molecule has 1 aliphatic carbocycles. The molecule has 0 unspecified atom stereocenters. The number of likely N-dealkylation sites (N-methyl/N-ethyl adjacent to an activating group) is 1. The fraction of sp³-hybridized carbons (Fsp3) is 0.565. The van der Waals surface area contributed by atoms with Gasteiger partial charge in [-0.2, -0.15) is 0 Å². The quantitative estimate of drug-likeness (QED) is 0.727. The number of H-pyrrole nitrogens is 1. The molecule has 2 aliphatic rings. The molecular weight excluding hydrogens is 364 g/mol. The van der Waals surface area contributed by atoms with E-state index >= 15 is 0 Å². The van der Waals surface area contributed by atoms with E-state index in [1.165, 1.54) is 17.4 Å². The summed E-state index contributed by atoms with van der Waals surface area (Å²) in [5.41, 5.74) is 3.37. The van der Waals surface area contributed by atoms with Crippen LogP contribution in [0.4, 0.5) is 0 Å². The number of carbonyl (C=O) groups is 2. The van der Waals surface area contributed by atoms with Crippen LogP contribution in [0.25, 0.3) is 10.9 Å². The lowest BCUT2D eigenvalue weighted by Crippen LogP contribution is -2.41. The second-order valence-electron chi connectivity index (χ2n) is 8.71. The lowest BCUT2D eigenvalue weighted by atomic mass is 9.88. The SMILES string of the molecule is Cc1c(CN(C)C(=O)[C@@H]2C[C@@H](NC(=O)C3CCCCC3)CN2)[nH]c2ccccc12. The average molecular weight is 397 g/mol. The van der Waals surface area contributed by atoms with E-state index in [9.17, 15) is 9.59 Å². The molecule has 0 spiro atoms. The van der Waals surface area contributed by atoms with Crippen molar-refractivity contribution in [1.82, 2.24) is 20.5 Å². The summed E-state index contributed by atoms with van der Waals surface area (Å²) in [7, 11) is 1.85. The number of nitrogens with zero attached hydrogens (tertiary/aromatic N) is 1. The van der Waals surface area contributed by atoms with E-state index < -0.39 is 0 Å². The molecule has 6 heteroatoms. The normalized spacial score (nSPS) is 22.7. The predicted molar refractivity (Wildman–Crippen MR) is 114 cm³/mol. The molecule has 2 fully saturated rings. The molecule has 2 heterocycles. The smallest absolute Gasteiger partial charge is 0.239 e. The summed E-state index contributed by atoms with van der Waals surface area (Å²) >= 11 is 0. The highest BCUT2D eigenvalue weighted by Crippen LogP contribution is 2.25. The number of carbonyl (C=O) groups excluding carboxylic acids is 2. The Kier molecular flexibility index (Phi) is 5.90. The number of hydrogen-bond donors (Lipinski definition) is 3. The van der Waals surface area contributed by atoms with Crippen LogP contribution in [0, 0.1) is 12.8 Å². The number of aromatic amines is 1. The number of rotatable bonds is 5. The van der Waals surface area contributed by atoms with Gasteiger partial charge in [0, 0.05) is 42.1 Å². The minimum Gasteiger partial charge on any atom is -0.357 e. The van der Waals surface area contributed by atoms with Gasteiger partial charge in [-0.25, -0.2) is 0 Å². The highest BCUT2D eigenvalue weighted by Gasteiger charge is 2.33. The summed E-state index contributed by atoms with van der Waals surface area (Å²) in [6, 6.07) is 8.02. The standard InChI is InChI=1S/C23H32N4O2/c1-15-18-10-6-7-11-19(18)26-21(15)14-27(2)23(29)20-12-17(13-24-20)25-22(28)16-8-4-3-5-9-16/h6-7,10-11,16-17,20,24,26H,3-5,8-9,12-14H2,1-2H3,(H,25,28)/t17-,20+/m1/s1. The van der Waals surface area contributed by atoms with E-state index in [4.69, 9.17) is 0 Å². The summed E-state index contributed by atoms with van der Waals surface area (Å²) < 4.78 is 0. The minimum atomic E-state index is -0.235. The first-order valence-electron chi connectivity index (χ1n) is 10.9. The monoisotopic (exact) mass is 396 g/mol. The summed E-state index contributed by atoms with van der Waals surface area (Å²) in [4.78, 5) is 30.7. The predicted octanol–water partition coefficient (Wildman–Crippen LogP) is 2.86. The molecule has 2 aromatic rings. The second-order valence-corrected chi connectivity index (χ2v) is 8.71. The van der Waals surface area contributed by atoms with Crippen molar-refractivity contribution in [3.8, 4) is 0 Å². The Morgan fingerprint density at radius 3 is 2.69 bits per heavy atom. The minimum absolute atomic E-state index is 0.0431. The topological polar surface area (TPSA) is 77.2 Å². The van der Waals surface area contributed by atoms with Crippen LogP contribution in [-0.2, 0) is 16.1 Å². The summed E-state index contributed by atoms with van der Waals surface area (Å²) in [6.45, 7) is 3.31. The van der Waals surface area contributed by atoms with Gasteiger partial charge in [0.15, 0.2) is 0 Å². The van der Waals surface area contributed by atoms with E-state index in [1.807, 2.05) is 19.2 Å². The van der Waals surface area contributed by atoms with Crippen LogP contribution in [0.1, 0.15) is 49.8 Å². The summed E-state index contributed by atoms with van der Waals surface area (Å²) in [5.74, 6) is 0.412. The van der Waals surface area contributed by atoms with Gasteiger partial charge in [0.05, 0.1) is 12.6 Å². The molecule has 1 aromatic carbocycles. The number of hydrogen-bond acceptors (Lipinski definition) is 3. The van der Waals surface area contributed by atoms with Crippen molar-refractivity contribution in [1.29, 1.82) is 0 Å². The Labute approximate surface area is 172 Å². The van der Waals surface area contributed by atoms with Crippen LogP contribution in [0.3, 0.4) is 0 Å². The zero-order valence-corrected chi connectivity index (χ0v) is 17.5. The van der Waals surface area contributed by atoms with E-state index in [0.717, 1.165) is 36.9 Å². The number of nitrogens with one attached hydrogen (secondary N) is 3. The second kappa shape index (κ2) is 8.57. The number of benzene rings is 1. The van der Waals surface area contributed by atoms with Crippen LogP contribution >= 0.6 is 0 Å². The van der Waals surface area contributed by atoms with E-state index in [-0.39, 0.29) is 29.8 Å². The number of para-hydroxylation sites is 1. The lowest BCUT2D eigenvalue weighted by molar-refractivity contribution is -0.132. The van der Waals surface area contributed by atoms with Crippen LogP contribution in [0.2, 0.25) is 0 Å². The van der Waals surface area contributed by atoms with Crippen molar-refractivity contribution in [2.75, 3.05) is 13.6 Å². The van der Waals surface area contributed by atoms with Crippen molar-refractivity contribution < 1.29 is 9.59 Å². The van der Waals surface area contributed by atoms with Crippen molar-refractivity contribution in [3.05, 3.63) is 35.5 Å². The molecule has 4 rings (SSSR count). The van der Waals surface area contributed by atoms with Crippen LogP contribution in [0.5, 0.6) is 0 Å². The molecule has 3 N–H and O–H groups in total. The van der Waals surface area contributed by atoms with E-state index in [1.54, 1.807) is 4.90 Å². The van der Waals surface area contributed by atoms with Gasteiger partial charge in [-0.15, -0.1) is 0 Å². The third-order valence-corrected chi connectivity index (χ3v) is 6.59. The van der Waals surface area contributed by atoms with Crippen LogP contribution in [0.15, 0.2) is 24.3 Å². The molecule has 1 saturated heterocycles. The maximum Gasteiger partial charge on any atom is 0.239 e. The first-order chi connectivity index (χ1) is 14.0. The highest BCUT2D eigenvalue weighted by atomic mass is 16.2. The largest absolute Gasteiger partial charge is 0.357 e.